The third-order valence-electron chi connectivity index (χ3n) is 4.17. The first kappa shape index (κ1) is 13.2. The molecule has 18 heavy (non-hydrogen) atoms. The molecule has 0 aliphatic heterocycles. The second kappa shape index (κ2) is 4.48. The molecule has 0 heterocycles. The highest BCUT2D eigenvalue weighted by Crippen LogP contribution is 2.39. The van der Waals surface area contributed by atoms with Crippen LogP contribution >= 0.6 is 0 Å². The number of nitrogens with two attached hydrogens (primary N) is 1. The van der Waals surface area contributed by atoms with Gasteiger partial charge in [0, 0.05) is 6.42 Å². The number of hydrogen-bond acceptors (Lipinski definition) is 4. The summed E-state index contributed by atoms with van der Waals surface area (Å²) in [5.41, 5.74) is 9.04. The summed E-state index contributed by atoms with van der Waals surface area (Å²) in [6.07, 6.45) is 2.68. The lowest BCUT2D eigenvalue weighted by Gasteiger charge is -2.43. The number of likely N-dealkylation sites (N-methyl/N-ethyl adjacent to an activating group) is 3. The summed E-state index contributed by atoms with van der Waals surface area (Å²) in [6, 6.07) is 6.31. The van der Waals surface area contributed by atoms with Crippen LogP contribution in [-0.2, 0) is 12.1 Å². The molecule has 0 radical (unpaired) electrons. The molecule has 0 saturated carbocycles. The summed E-state index contributed by atoms with van der Waals surface area (Å²) in [5.74, 6) is 0. The average Bonchev–Trinajstić information content (AvgIpc) is 2.68. The Labute approximate surface area is 109 Å². The number of rotatable bonds is 4. The fourth-order valence-electron chi connectivity index (χ4n) is 2.94. The number of nitrogens with one attached hydrogen (secondary N) is 3. The van der Waals surface area contributed by atoms with Gasteiger partial charge in [0.25, 0.3) is 0 Å². The summed E-state index contributed by atoms with van der Waals surface area (Å²) in [6.45, 7) is 3.81. The third-order valence-corrected chi connectivity index (χ3v) is 4.17. The fourth-order valence-corrected chi connectivity index (χ4v) is 2.94. The quantitative estimate of drug-likeness (QED) is 0.579. The van der Waals surface area contributed by atoms with E-state index in [0.29, 0.717) is 0 Å². The Hall–Kier alpha value is -1.20. The summed E-state index contributed by atoms with van der Waals surface area (Å²) in [4.78, 5) is 0. The van der Waals surface area contributed by atoms with Crippen LogP contribution in [-0.4, -0.2) is 26.8 Å². The van der Waals surface area contributed by atoms with Gasteiger partial charge in [0.05, 0.1) is 0 Å². The minimum Gasteiger partial charge on any atom is -0.307 e. The largest absolute Gasteiger partial charge is 0.307 e. The third kappa shape index (κ3) is 1.54. The van der Waals surface area contributed by atoms with Crippen molar-refractivity contribution in [3.8, 4) is 0 Å². The summed E-state index contributed by atoms with van der Waals surface area (Å²) >= 11 is 0. The van der Waals surface area contributed by atoms with Gasteiger partial charge in [-0.2, -0.15) is 0 Å². The molecule has 1 aromatic carbocycles. The van der Waals surface area contributed by atoms with Crippen LogP contribution in [0.5, 0.6) is 0 Å². The summed E-state index contributed by atoms with van der Waals surface area (Å²) in [5, 5.41) is 9.92. The van der Waals surface area contributed by atoms with Crippen molar-refractivity contribution in [2.75, 3.05) is 21.1 Å². The van der Waals surface area contributed by atoms with E-state index < -0.39 is 5.66 Å². The molecule has 98 valence electrons. The van der Waals surface area contributed by atoms with Crippen molar-refractivity contribution in [2.45, 2.75) is 17.7 Å². The van der Waals surface area contributed by atoms with Gasteiger partial charge < -0.3 is 5.73 Å². The van der Waals surface area contributed by atoms with E-state index in [0.717, 1.165) is 17.5 Å². The molecule has 0 fully saturated rings. The highest BCUT2D eigenvalue weighted by molar-refractivity contribution is 5.54. The van der Waals surface area contributed by atoms with Crippen molar-refractivity contribution >= 4 is 6.08 Å². The molecule has 1 unspecified atom stereocenters. The maximum absolute atomic E-state index is 6.62. The van der Waals surface area contributed by atoms with Crippen molar-refractivity contribution in [3.63, 3.8) is 0 Å². The van der Waals surface area contributed by atoms with E-state index in [1.807, 2.05) is 27.2 Å². The van der Waals surface area contributed by atoms with Gasteiger partial charge in [-0.3, -0.25) is 16.0 Å². The van der Waals surface area contributed by atoms with Crippen LogP contribution in [0.2, 0.25) is 0 Å². The molecule has 1 aromatic rings. The molecule has 0 spiro atoms. The predicted octanol–water partition coefficient (Wildman–Crippen LogP) is 0.352. The fraction of sp³-hybridized carbons (Fsp3) is 0.429. The molecule has 5 N–H and O–H groups in total. The second-order valence-corrected chi connectivity index (χ2v) is 4.76. The zero-order chi connectivity index (χ0) is 13.4. The second-order valence-electron chi connectivity index (χ2n) is 4.76. The Morgan fingerprint density at radius 1 is 1.22 bits per heavy atom. The van der Waals surface area contributed by atoms with Crippen molar-refractivity contribution in [3.05, 3.63) is 41.5 Å². The van der Waals surface area contributed by atoms with Crippen LogP contribution in [0.4, 0.5) is 0 Å². The van der Waals surface area contributed by atoms with Gasteiger partial charge in [-0.1, -0.05) is 24.8 Å². The Balaban J connectivity index is 2.61. The van der Waals surface area contributed by atoms with E-state index in [2.05, 4.69) is 40.7 Å². The lowest BCUT2D eigenvalue weighted by atomic mass is 9.92. The summed E-state index contributed by atoms with van der Waals surface area (Å²) in [7, 11) is 5.74. The van der Waals surface area contributed by atoms with E-state index in [1.165, 1.54) is 5.56 Å². The highest BCUT2D eigenvalue weighted by atomic mass is 15.3. The molecule has 0 amide bonds. The van der Waals surface area contributed by atoms with Gasteiger partial charge in [0.2, 0.25) is 0 Å². The van der Waals surface area contributed by atoms with E-state index in [-0.39, 0.29) is 5.66 Å². The SMILES string of the molecule is C=Cc1ccc2c(c1)C(N)(NC)C(NC)(NC)C2. The lowest BCUT2D eigenvalue weighted by molar-refractivity contribution is 0.136. The zero-order valence-corrected chi connectivity index (χ0v) is 11.3. The Morgan fingerprint density at radius 2 is 1.89 bits per heavy atom. The minimum atomic E-state index is -0.648. The van der Waals surface area contributed by atoms with Crippen LogP contribution < -0.4 is 21.7 Å². The van der Waals surface area contributed by atoms with Crippen LogP contribution in [0.3, 0.4) is 0 Å². The van der Waals surface area contributed by atoms with E-state index in [4.69, 9.17) is 5.73 Å². The normalized spacial score (nSPS) is 24.9. The van der Waals surface area contributed by atoms with Gasteiger partial charge in [-0.15, -0.1) is 0 Å². The lowest BCUT2D eigenvalue weighted by Crippen LogP contribution is -2.74. The first-order valence-corrected chi connectivity index (χ1v) is 6.18. The van der Waals surface area contributed by atoms with Gasteiger partial charge in [-0.05, 0) is 43.9 Å². The first-order chi connectivity index (χ1) is 8.56. The molecule has 2 rings (SSSR count). The smallest absolute Gasteiger partial charge is 0.125 e. The molecular weight excluding hydrogens is 224 g/mol. The van der Waals surface area contributed by atoms with Crippen LogP contribution in [0, 0.1) is 0 Å². The van der Waals surface area contributed by atoms with Crippen molar-refractivity contribution < 1.29 is 0 Å². The zero-order valence-electron chi connectivity index (χ0n) is 11.3. The predicted molar refractivity (Wildman–Crippen MR) is 76.0 cm³/mol. The van der Waals surface area contributed by atoms with Crippen molar-refractivity contribution in [1.29, 1.82) is 0 Å². The molecule has 1 aliphatic rings. The van der Waals surface area contributed by atoms with E-state index in [9.17, 15) is 0 Å². The minimum absolute atomic E-state index is 0.385. The molecule has 0 bridgehead atoms. The molecule has 0 saturated heterocycles. The molecule has 1 aliphatic carbocycles. The Bertz CT molecular complexity index is 465. The first-order valence-electron chi connectivity index (χ1n) is 6.18. The topological polar surface area (TPSA) is 62.1 Å². The average molecular weight is 246 g/mol. The van der Waals surface area contributed by atoms with Crippen LogP contribution in [0.25, 0.3) is 6.08 Å². The number of fused-ring (bicyclic) bond motifs is 1. The van der Waals surface area contributed by atoms with Gasteiger partial charge in [0.1, 0.15) is 11.3 Å². The van der Waals surface area contributed by atoms with Crippen molar-refractivity contribution in [1.82, 2.24) is 16.0 Å². The van der Waals surface area contributed by atoms with Gasteiger partial charge in [0.15, 0.2) is 0 Å². The maximum Gasteiger partial charge on any atom is 0.125 e. The van der Waals surface area contributed by atoms with Crippen LogP contribution in [0.15, 0.2) is 24.8 Å². The van der Waals surface area contributed by atoms with Gasteiger partial charge >= 0.3 is 0 Å². The standard InChI is InChI=1S/C14H22N4/c1-5-10-6-7-11-9-13(16-2,17-3)14(15,18-4)12(11)8-10/h5-8,16-18H,1,9,15H2,2-4H3. The summed E-state index contributed by atoms with van der Waals surface area (Å²) < 4.78 is 0. The maximum atomic E-state index is 6.62. The van der Waals surface area contributed by atoms with Gasteiger partial charge in [-0.25, -0.2) is 0 Å². The molecule has 4 nitrogen and oxygen atoms in total. The molecule has 4 heteroatoms. The van der Waals surface area contributed by atoms with E-state index in [1.54, 1.807) is 0 Å². The number of benzene rings is 1. The monoisotopic (exact) mass is 246 g/mol. The molecule has 0 aromatic heterocycles. The van der Waals surface area contributed by atoms with E-state index >= 15 is 0 Å². The molecule has 1 atom stereocenters. The Kier molecular flexibility index (Phi) is 3.29. The number of hydrogen-bond donors (Lipinski definition) is 4. The van der Waals surface area contributed by atoms with Crippen molar-refractivity contribution in [2.24, 2.45) is 5.73 Å². The highest BCUT2D eigenvalue weighted by Gasteiger charge is 2.53. The molecular formula is C14H22N4. The Morgan fingerprint density at radius 3 is 2.39 bits per heavy atom. The van der Waals surface area contributed by atoms with Crippen LogP contribution in [0.1, 0.15) is 16.7 Å².